The molecule has 1 N–H and O–H groups in total. The summed E-state index contributed by atoms with van der Waals surface area (Å²) < 4.78 is 22.7. The molecule has 1 rings (SSSR count). The lowest BCUT2D eigenvalue weighted by atomic mass is 10.0. The Morgan fingerprint density at radius 2 is 2.12 bits per heavy atom. The molecule has 16 heavy (non-hydrogen) atoms. The zero-order valence-corrected chi connectivity index (χ0v) is 10.4. The minimum absolute atomic E-state index is 0.0628. The Labute approximate surface area is 96.4 Å². The van der Waals surface area contributed by atoms with Gasteiger partial charge in [-0.15, -0.1) is 0 Å². The van der Waals surface area contributed by atoms with Crippen LogP contribution in [0, 0.1) is 0 Å². The molecule has 1 fully saturated rings. The van der Waals surface area contributed by atoms with Crippen LogP contribution >= 0.6 is 0 Å². The molecule has 5 nitrogen and oxygen atoms in total. The average molecular weight is 249 g/mol. The highest BCUT2D eigenvalue weighted by Crippen LogP contribution is 2.16. The third-order valence-corrected chi connectivity index (χ3v) is 4.71. The van der Waals surface area contributed by atoms with Gasteiger partial charge in [0, 0.05) is 12.3 Å². The van der Waals surface area contributed by atoms with Crippen molar-refractivity contribution < 1.29 is 18.3 Å². The predicted octanol–water partition coefficient (Wildman–Crippen LogP) is 0.360. The number of aliphatic carboxylic acids is 1. The van der Waals surface area contributed by atoms with Crippen molar-refractivity contribution in [2.75, 3.05) is 24.6 Å². The maximum atomic E-state index is 11.3. The number of carbonyl (C=O) groups is 1. The fraction of sp³-hybridized carbons (Fsp3) is 0.900. The number of piperidine rings is 1. The molecule has 0 spiro atoms. The summed E-state index contributed by atoms with van der Waals surface area (Å²) in [6, 6.07) is -0.499. The second-order valence-corrected chi connectivity index (χ2v) is 6.59. The quantitative estimate of drug-likeness (QED) is 0.761. The number of hydrogen-bond donors (Lipinski definition) is 1. The number of carboxylic acids is 1. The fourth-order valence-electron chi connectivity index (χ4n) is 1.94. The first-order chi connectivity index (χ1) is 7.46. The Morgan fingerprint density at radius 3 is 2.69 bits per heavy atom. The van der Waals surface area contributed by atoms with Crippen LogP contribution in [0.15, 0.2) is 0 Å². The normalized spacial score (nSPS) is 23.2. The molecule has 0 saturated carbocycles. The van der Waals surface area contributed by atoms with Gasteiger partial charge in [-0.3, -0.25) is 9.69 Å². The van der Waals surface area contributed by atoms with E-state index >= 15 is 0 Å². The minimum atomic E-state index is -3.00. The van der Waals surface area contributed by atoms with Crippen LogP contribution in [0.5, 0.6) is 0 Å². The zero-order chi connectivity index (χ0) is 12.2. The summed E-state index contributed by atoms with van der Waals surface area (Å²) >= 11 is 0. The number of nitrogens with zero attached hydrogens (tertiary/aromatic N) is 1. The Balaban J connectivity index is 2.54. The van der Waals surface area contributed by atoms with E-state index in [1.165, 1.54) is 0 Å². The lowest BCUT2D eigenvalue weighted by Gasteiger charge is -2.32. The Kier molecular flexibility index (Phi) is 4.73. The number of rotatable bonds is 5. The van der Waals surface area contributed by atoms with Crippen molar-refractivity contribution in [2.45, 2.75) is 32.2 Å². The van der Waals surface area contributed by atoms with Gasteiger partial charge in [0.1, 0.15) is 6.04 Å². The monoisotopic (exact) mass is 249 g/mol. The smallest absolute Gasteiger partial charge is 0.320 e. The van der Waals surface area contributed by atoms with E-state index < -0.39 is 21.8 Å². The molecule has 0 aromatic carbocycles. The molecular weight excluding hydrogens is 230 g/mol. The summed E-state index contributed by atoms with van der Waals surface area (Å²) in [7, 11) is -3.00. The molecular formula is C10H19NO4S. The molecule has 1 aliphatic heterocycles. The van der Waals surface area contributed by atoms with Crippen LogP contribution in [-0.4, -0.2) is 55.0 Å². The topological polar surface area (TPSA) is 74.7 Å². The van der Waals surface area contributed by atoms with Gasteiger partial charge in [-0.2, -0.15) is 0 Å². The van der Waals surface area contributed by atoms with E-state index in [0.29, 0.717) is 19.5 Å². The SMILES string of the molecule is CCS(=O)(=O)CCN1CCCCC1C(=O)O. The van der Waals surface area contributed by atoms with Crippen LogP contribution in [0.25, 0.3) is 0 Å². The van der Waals surface area contributed by atoms with Gasteiger partial charge in [0.25, 0.3) is 0 Å². The minimum Gasteiger partial charge on any atom is -0.480 e. The third-order valence-electron chi connectivity index (χ3n) is 3.03. The van der Waals surface area contributed by atoms with Gasteiger partial charge in [0.2, 0.25) is 0 Å². The molecule has 0 aliphatic carbocycles. The maximum Gasteiger partial charge on any atom is 0.320 e. The summed E-state index contributed by atoms with van der Waals surface area (Å²) in [6.45, 7) is 2.64. The first-order valence-corrected chi connectivity index (χ1v) is 7.45. The second kappa shape index (κ2) is 5.63. The van der Waals surface area contributed by atoms with E-state index in [9.17, 15) is 13.2 Å². The zero-order valence-electron chi connectivity index (χ0n) is 9.55. The highest BCUT2D eigenvalue weighted by molar-refractivity contribution is 7.91. The van der Waals surface area contributed by atoms with Gasteiger partial charge >= 0.3 is 5.97 Å². The highest BCUT2D eigenvalue weighted by atomic mass is 32.2. The van der Waals surface area contributed by atoms with E-state index in [-0.39, 0.29) is 11.5 Å². The van der Waals surface area contributed by atoms with Crippen molar-refractivity contribution in [1.82, 2.24) is 4.90 Å². The predicted molar refractivity (Wildman–Crippen MR) is 61.2 cm³/mol. The molecule has 1 unspecified atom stereocenters. The molecule has 0 aromatic rings. The van der Waals surface area contributed by atoms with Gasteiger partial charge in [-0.05, 0) is 19.4 Å². The fourth-order valence-corrected chi connectivity index (χ4v) is 2.74. The molecule has 1 aliphatic rings. The van der Waals surface area contributed by atoms with Crippen LogP contribution in [-0.2, 0) is 14.6 Å². The lowest BCUT2D eigenvalue weighted by molar-refractivity contribution is -0.144. The van der Waals surface area contributed by atoms with Crippen LogP contribution in [0.1, 0.15) is 26.2 Å². The van der Waals surface area contributed by atoms with Crippen molar-refractivity contribution in [3.05, 3.63) is 0 Å². The second-order valence-electron chi connectivity index (χ2n) is 4.12. The molecule has 1 atom stereocenters. The van der Waals surface area contributed by atoms with E-state index in [1.807, 2.05) is 0 Å². The van der Waals surface area contributed by atoms with Gasteiger partial charge < -0.3 is 5.11 Å². The number of likely N-dealkylation sites (tertiary alicyclic amines) is 1. The molecule has 6 heteroatoms. The van der Waals surface area contributed by atoms with E-state index in [4.69, 9.17) is 5.11 Å². The molecule has 1 saturated heterocycles. The summed E-state index contributed by atoms with van der Waals surface area (Å²) in [5.74, 6) is -0.653. The Bertz CT molecular complexity index is 339. The largest absolute Gasteiger partial charge is 0.480 e. The summed E-state index contributed by atoms with van der Waals surface area (Å²) in [6.07, 6.45) is 2.49. The van der Waals surface area contributed by atoms with Gasteiger partial charge in [0.15, 0.2) is 9.84 Å². The van der Waals surface area contributed by atoms with Gasteiger partial charge in [-0.1, -0.05) is 13.3 Å². The summed E-state index contributed by atoms with van der Waals surface area (Å²) in [5.41, 5.74) is 0. The third kappa shape index (κ3) is 3.75. The summed E-state index contributed by atoms with van der Waals surface area (Å²) in [4.78, 5) is 12.7. The molecule has 0 radical (unpaired) electrons. The summed E-state index contributed by atoms with van der Waals surface area (Å²) in [5, 5.41) is 9.00. The molecule has 0 amide bonds. The number of sulfone groups is 1. The molecule has 0 bridgehead atoms. The van der Waals surface area contributed by atoms with Gasteiger partial charge in [-0.25, -0.2) is 8.42 Å². The Morgan fingerprint density at radius 1 is 1.44 bits per heavy atom. The first kappa shape index (κ1) is 13.4. The van der Waals surface area contributed by atoms with Crippen molar-refractivity contribution in [2.24, 2.45) is 0 Å². The van der Waals surface area contributed by atoms with Gasteiger partial charge in [0.05, 0.1) is 5.75 Å². The van der Waals surface area contributed by atoms with E-state index in [0.717, 1.165) is 12.8 Å². The molecule has 1 heterocycles. The van der Waals surface area contributed by atoms with Crippen LogP contribution < -0.4 is 0 Å². The number of hydrogen-bond acceptors (Lipinski definition) is 4. The van der Waals surface area contributed by atoms with Crippen LogP contribution in [0.4, 0.5) is 0 Å². The highest BCUT2D eigenvalue weighted by Gasteiger charge is 2.28. The van der Waals surface area contributed by atoms with E-state index in [1.54, 1.807) is 11.8 Å². The number of carboxylic acid groups (broad SMARTS) is 1. The Hall–Kier alpha value is -0.620. The maximum absolute atomic E-state index is 11.3. The van der Waals surface area contributed by atoms with Crippen molar-refractivity contribution in [3.63, 3.8) is 0 Å². The molecule has 94 valence electrons. The van der Waals surface area contributed by atoms with Crippen molar-refractivity contribution >= 4 is 15.8 Å². The van der Waals surface area contributed by atoms with E-state index in [2.05, 4.69) is 0 Å². The molecule has 0 aromatic heterocycles. The van der Waals surface area contributed by atoms with Crippen molar-refractivity contribution in [1.29, 1.82) is 0 Å². The first-order valence-electron chi connectivity index (χ1n) is 5.63. The van der Waals surface area contributed by atoms with Crippen LogP contribution in [0.3, 0.4) is 0 Å². The standard InChI is InChI=1S/C10H19NO4S/c1-2-16(14,15)8-7-11-6-4-3-5-9(11)10(12)13/h9H,2-8H2,1H3,(H,12,13). The lowest BCUT2D eigenvalue weighted by Crippen LogP contribution is -2.46. The van der Waals surface area contributed by atoms with Crippen molar-refractivity contribution in [3.8, 4) is 0 Å². The average Bonchev–Trinajstić information content (AvgIpc) is 2.27. The van der Waals surface area contributed by atoms with Crippen LogP contribution in [0.2, 0.25) is 0 Å².